The number of benzene rings is 4. The SMILES string of the molecule is CCCCCCOCc1cc(C#Cc2ccc(-c3ccc(C#Cc4cc(C#Cc5cc(C#C[Si](C(C)C)(C(C)C)C(C)C)cc(COC6CCCCO6)c5)cc(COCCCCCC)c4)c(-c4ccccn4)n3)nc2)cc(C#Cc2cc(C#C[Si](C(C)C)(C(C)C)C(C)C)cc(COC3CCCCO3)c2)c1. The second kappa shape index (κ2) is 41.9. The first-order chi connectivity index (χ1) is 51.3. The molecular formula is C95H115N3O6Si2. The molecule has 2 aliphatic heterocycles. The summed E-state index contributed by atoms with van der Waals surface area (Å²) in [4.78, 5) is 15.0. The predicted octanol–water partition coefficient (Wildman–Crippen LogP) is 22.2. The van der Waals surface area contributed by atoms with Crippen molar-refractivity contribution in [2.45, 2.75) is 259 Å². The van der Waals surface area contributed by atoms with Crippen LogP contribution in [-0.2, 0) is 54.8 Å². The maximum Gasteiger partial charge on any atom is 0.158 e. The first-order valence-corrected chi connectivity index (χ1v) is 44.0. The fourth-order valence-corrected chi connectivity index (χ4v) is 25.7. The van der Waals surface area contributed by atoms with E-state index in [0.717, 1.165) is 155 Å². The van der Waals surface area contributed by atoms with Gasteiger partial charge in [-0.3, -0.25) is 9.97 Å². The minimum absolute atomic E-state index is 0.202. The number of rotatable bonds is 28. The number of nitrogens with zero attached hydrogens (tertiary/aromatic N) is 3. The average Bonchev–Trinajstić information content (AvgIpc) is 0.808. The van der Waals surface area contributed by atoms with Gasteiger partial charge in [0.15, 0.2) is 12.6 Å². The lowest BCUT2D eigenvalue weighted by Crippen LogP contribution is -2.43. The van der Waals surface area contributed by atoms with Crippen molar-refractivity contribution in [3.63, 3.8) is 0 Å². The molecule has 0 spiro atoms. The molecule has 0 bridgehead atoms. The lowest BCUT2D eigenvalue weighted by atomic mass is 10.0. The number of unbranched alkanes of at least 4 members (excludes halogenated alkanes) is 6. The van der Waals surface area contributed by atoms with Gasteiger partial charge in [0.25, 0.3) is 0 Å². The molecule has 2 fully saturated rings. The summed E-state index contributed by atoms with van der Waals surface area (Å²) in [5.41, 5.74) is 26.4. The summed E-state index contributed by atoms with van der Waals surface area (Å²) in [6, 6.07) is 39.3. The van der Waals surface area contributed by atoms with Crippen LogP contribution in [0.1, 0.15) is 265 Å². The van der Waals surface area contributed by atoms with Gasteiger partial charge < -0.3 is 28.4 Å². The standard InChI is InChI=1S/C95H115N3O6Si2/c1-15-17-19-25-47-99-66-85-57-77(53-78(58-85)34-36-80-55-83(44-51-105(70(3)4,71(5)6)72(7)8)63-87(61-80)68-103-93-30-22-27-49-101-93)33-32-76-39-42-90(97-65-76)91-43-41-89(95(98-91)92-29-21-24-46-96-92)40-38-82-54-79(59-86(60-82)67-100-48-26-20-18-16-2)35-37-81-56-84(45-52-106(73(9)10,74(11)12)75(13)14)64-88(62-81)69-104-94-31-23-28-50-102-94/h21,24,29,39,41-43,46,53-65,70-75,93-94H,15-20,22-23,25-28,30-31,47-50,66-69H2,1-14H3. The van der Waals surface area contributed by atoms with Crippen molar-refractivity contribution >= 4 is 16.1 Å². The molecule has 2 aliphatic rings. The van der Waals surface area contributed by atoms with E-state index in [2.05, 4.69) is 240 Å². The highest BCUT2D eigenvalue weighted by Crippen LogP contribution is 2.42. The van der Waals surface area contributed by atoms with Crippen LogP contribution in [0.5, 0.6) is 0 Å². The molecule has 4 aromatic carbocycles. The van der Waals surface area contributed by atoms with Crippen molar-refractivity contribution in [3.05, 3.63) is 206 Å². The van der Waals surface area contributed by atoms with Crippen LogP contribution in [0.2, 0.25) is 33.2 Å². The molecule has 0 aliphatic carbocycles. The van der Waals surface area contributed by atoms with Crippen LogP contribution >= 0.6 is 0 Å². The Morgan fingerprint density at radius 3 is 1.15 bits per heavy atom. The molecule has 7 aromatic rings. The lowest BCUT2D eigenvalue weighted by Gasteiger charge is -2.38. The van der Waals surface area contributed by atoms with Crippen molar-refractivity contribution in [2.24, 2.45) is 0 Å². The molecule has 2 unspecified atom stereocenters. The molecule has 106 heavy (non-hydrogen) atoms. The molecule has 5 heterocycles. The van der Waals surface area contributed by atoms with Crippen LogP contribution in [0.15, 0.2) is 128 Å². The Hall–Kier alpha value is -8.12. The summed E-state index contributed by atoms with van der Waals surface area (Å²) in [5.74, 6) is 35.5. The van der Waals surface area contributed by atoms with Crippen LogP contribution in [0.4, 0.5) is 0 Å². The van der Waals surface area contributed by atoms with Crippen molar-refractivity contribution in [2.75, 3.05) is 26.4 Å². The first kappa shape index (κ1) is 82.0. The smallest absolute Gasteiger partial charge is 0.158 e. The molecule has 9 nitrogen and oxygen atoms in total. The summed E-state index contributed by atoms with van der Waals surface area (Å²) >= 11 is 0. The molecule has 0 amide bonds. The Morgan fingerprint density at radius 1 is 0.387 bits per heavy atom. The highest BCUT2D eigenvalue weighted by atomic mass is 28.3. The van der Waals surface area contributed by atoms with Crippen molar-refractivity contribution in [1.82, 2.24) is 15.0 Å². The number of pyridine rings is 3. The fraction of sp³-hybridized carbons (Fsp3) is 0.463. The molecule has 0 N–H and O–H groups in total. The van der Waals surface area contributed by atoms with Gasteiger partial charge in [0.05, 0.1) is 49.1 Å². The Kier molecular flexibility index (Phi) is 32.4. The molecule has 9 rings (SSSR count). The Labute approximate surface area is 639 Å². The van der Waals surface area contributed by atoms with Crippen LogP contribution < -0.4 is 0 Å². The second-order valence-corrected chi connectivity index (χ2v) is 41.8. The molecule has 3 aromatic heterocycles. The fourth-order valence-electron chi connectivity index (χ4n) is 15.2. The quantitative estimate of drug-likeness (QED) is 0.0270. The van der Waals surface area contributed by atoms with Crippen LogP contribution in [-0.4, -0.2) is 70.1 Å². The van der Waals surface area contributed by atoms with Gasteiger partial charge in [0.1, 0.15) is 21.8 Å². The second-order valence-electron chi connectivity index (χ2n) is 30.6. The van der Waals surface area contributed by atoms with Gasteiger partial charge in [-0.2, -0.15) is 0 Å². The van der Waals surface area contributed by atoms with E-state index in [1.165, 1.54) is 25.7 Å². The lowest BCUT2D eigenvalue weighted by molar-refractivity contribution is -0.169. The van der Waals surface area contributed by atoms with Crippen LogP contribution in [0.3, 0.4) is 0 Å². The minimum Gasteiger partial charge on any atom is -0.377 e. The van der Waals surface area contributed by atoms with Gasteiger partial charge in [-0.25, -0.2) is 4.98 Å². The van der Waals surface area contributed by atoms with Gasteiger partial charge in [-0.15, -0.1) is 11.1 Å². The van der Waals surface area contributed by atoms with E-state index in [1.807, 2.05) is 48.7 Å². The van der Waals surface area contributed by atoms with E-state index >= 15 is 0 Å². The van der Waals surface area contributed by atoms with Crippen molar-refractivity contribution in [1.29, 1.82) is 0 Å². The monoisotopic (exact) mass is 1450 g/mol. The molecule has 2 atom stereocenters. The maximum atomic E-state index is 6.36. The number of hydrogen-bond acceptors (Lipinski definition) is 9. The first-order valence-electron chi connectivity index (χ1n) is 39.5. The summed E-state index contributed by atoms with van der Waals surface area (Å²) in [6.07, 6.45) is 18.4. The molecule has 11 heteroatoms. The number of ether oxygens (including phenoxy) is 6. The summed E-state index contributed by atoms with van der Waals surface area (Å²) in [7, 11) is -4.01. The van der Waals surface area contributed by atoms with Gasteiger partial charge in [-0.1, -0.05) is 201 Å². The van der Waals surface area contributed by atoms with Gasteiger partial charge in [0, 0.05) is 88.9 Å². The highest BCUT2D eigenvalue weighted by Gasteiger charge is 2.43. The Morgan fingerprint density at radius 2 is 0.783 bits per heavy atom. The average molecular weight is 1450 g/mol. The topological polar surface area (TPSA) is 94.1 Å². The Bertz CT molecular complexity index is 4350. The third kappa shape index (κ3) is 24.2. The van der Waals surface area contributed by atoms with Crippen LogP contribution in [0.25, 0.3) is 22.8 Å². The van der Waals surface area contributed by atoms with E-state index in [1.54, 1.807) is 6.20 Å². The number of hydrogen-bond donors (Lipinski definition) is 0. The molecule has 554 valence electrons. The Balaban J connectivity index is 1.01. The summed E-state index contributed by atoms with van der Waals surface area (Å²) in [6.45, 7) is 37.3. The predicted molar refractivity (Wildman–Crippen MR) is 441 cm³/mol. The molecule has 0 saturated carbocycles. The largest absolute Gasteiger partial charge is 0.377 e. The van der Waals surface area contributed by atoms with Crippen LogP contribution in [0, 0.1) is 70.3 Å². The van der Waals surface area contributed by atoms with Crippen molar-refractivity contribution < 1.29 is 28.4 Å². The molecule has 2 saturated heterocycles. The zero-order chi connectivity index (χ0) is 75.3. The van der Waals surface area contributed by atoms with E-state index in [0.29, 0.717) is 95.7 Å². The summed E-state index contributed by atoms with van der Waals surface area (Å²) in [5, 5.41) is 0. The van der Waals surface area contributed by atoms with Gasteiger partial charge in [0.2, 0.25) is 0 Å². The molecular weight excluding hydrogens is 1340 g/mol. The number of aromatic nitrogens is 3. The zero-order valence-electron chi connectivity index (χ0n) is 66.1. The third-order valence-corrected chi connectivity index (χ3v) is 33.3. The molecule has 0 radical (unpaired) electrons. The van der Waals surface area contributed by atoms with E-state index in [9.17, 15) is 0 Å². The van der Waals surface area contributed by atoms with Gasteiger partial charge in [-0.05, 0) is 216 Å². The highest BCUT2D eigenvalue weighted by molar-refractivity contribution is 6.91. The van der Waals surface area contributed by atoms with E-state index in [-0.39, 0.29) is 12.6 Å². The zero-order valence-corrected chi connectivity index (χ0v) is 68.1. The third-order valence-electron chi connectivity index (χ3n) is 20.7. The van der Waals surface area contributed by atoms with E-state index in [4.69, 9.17) is 43.4 Å². The van der Waals surface area contributed by atoms with Crippen molar-refractivity contribution in [3.8, 4) is 93.1 Å². The van der Waals surface area contributed by atoms with Gasteiger partial charge >= 0.3 is 0 Å². The van der Waals surface area contributed by atoms with E-state index < -0.39 is 16.1 Å². The summed E-state index contributed by atoms with van der Waals surface area (Å²) < 4.78 is 37.2. The minimum atomic E-state index is -2.01. The maximum absolute atomic E-state index is 6.36. The normalized spacial score (nSPS) is 14.5.